The molecule has 1 fully saturated rings. The van der Waals surface area contributed by atoms with Gasteiger partial charge in [0, 0.05) is 30.8 Å². The summed E-state index contributed by atoms with van der Waals surface area (Å²) in [4.78, 5) is 12.5. The van der Waals surface area contributed by atoms with Crippen LogP contribution in [0, 0.1) is 10.1 Å². The Bertz CT molecular complexity index is 710. The summed E-state index contributed by atoms with van der Waals surface area (Å²) < 4.78 is 5.40. The lowest BCUT2D eigenvalue weighted by molar-refractivity contribution is -0.384. The van der Waals surface area contributed by atoms with E-state index in [0.717, 1.165) is 24.5 Å². The van der Waals surface area contributed by atoms with Crippen LogP contribution in [0.25, 0.3) is 0 Å². The van der Waals surface area contributed by atoms with Crippen molar-refractivity contribution in [3.63, 3.8) is 0 Å². The van der Waals surface area contributed by atoms with Crippen LogP contribution in [0.3, 0.4) is 0 Å². The molecule has 0 radical (unpaired) electrons. The average molecular weight is 326 g/mol. The molecule has 1 N–H and O–H groups in total. The van der Waals surface area contributed by atoms with Crippen molar-refractivity contribution in [2.45, 2.75) is 0 Å². The SMILES string of the molecule is O=[N+]([O-])c1ccc(N/N=C(/c2ccccc2)N2CCOCC2)cc1. The van der Waals surface area contributed by atoms with Gasteiger partial charge in [-0.05, 0) is 12.1 Å². The van der Waals surface area contributed by atoms with Crippen LogP contribution in [0.1, 0.15) is 5.56 Å². The number of hydrogen-bond acceptors (Lipinski definition) is 5. The van der Waals surface area contributed by atoms with Gasteiger partial charge in [0.1, 0.15) is 0 Å². The third-order valence-corrected chi connectivity index (χ3v) is 3.71. The number of morpholine rings is 1. The highest BCUT2D eigenvalue weighted by molar-refractivity contribution is 5.99. The molecule has 1 aliphatic rings. The molecule has 7 heteroatoms. The first-order valence-electron chi connectivity index (χ1n) is 7.70. The Hall–Kier alpha value is -2.93. The van der Waals surface area contributed by atoms with Crippen LogP contribution in [-0.2, 0) is 4.74 Å². The Morgan fingerprint density at radius 1 is 1.08 bits per heavy atom. The second-order valence-corrected chi connectivity index (χ2v) is 5.32. The van der Waals surface area contributed by atoms with Gasteiger partial charge in [-0.3, -0.25) is 15.5 Å². The summed E-state index contributed by atoms with van der Waals surface area (Å²) in [5.74, 6) is 0.831. The third kappa shape index (κ3) is 3.88. The molecule has 2 aromatic rings. The molecule has 124 valence electrons. The zero-order valence-electron chi connectivity index (χ0n) is 13.1. The monoisotopic (exact) mass is 326 g/mol. The second-order valence-electron chi connectivity index (χ2n) is 5.32. The summed E-state index contributed by atoms with van der Waals surface area (Å²) in [7, 11) is 0. The van der Waals surface area contributed by atoms with Crippen molar-refractivity contribution in [3.05, 3.63) is 70.3 Å². The number of hydrazone groups is 1. The van der Waals surface area contributed by atoms with Gasteiger partial charge in [0.25, 0.3) is 5.69 Å². The van der Waals surface area contributed by atoms with Gasteiger partial charge in [0.2, 0.25) is 0 Å². The molecule has 0 amide bonds. The molecule has 1 aliphatic heterocycles. The van der Waals surface area contributed by atoms with E-state index in [0.29, 0.717) is 18.9 Å². The maximum Gasteiger partial charge on any atom is 0.269 e. The fraction of sp³-hybridized carbons (Fsp3) is 0.235. The largest absolute Gasteiger partial charge is 0.378 e. The van der Waals surface area contributed by atoms with Crippen LogP contribution >= 0.6 is 0 Å². The minimum Gasteiger partial charge on any atom is -0.378 e. The lowest BCUT2D eigenvalue weighted by Gasteiger charge is -2.29. The molecule has 0 unspecified atom stereocenters. The minimum absolute atomic E-state index is 0.0565. The molecule has 2 aromatic carbocycles. The lowest BCUT2D eigenvalue weighted by Crippen LogP contribution is -2.41. The number of hydrogen-bond donors (Lipinski definition) is 1. The number of nitro benzene ring substituents is 1. The lowest BCUT2D eigenvalue weighted by atomic mass is 10.2. The molecule has 1 heterocycles. The van der Waals surface area contributed by atoms with Crippen molar-refractivity contribution < 1.29 is 9.66 Å². The van der Waals surface area contributed by atoms with E-state index in [-0.39, 0.29) is 5.69 Å². The quantitative estimate of drug-likeness (QED) is 0.404. The minimum atomic E-state index is -0.420. The van der Waals surface area contributed by atoms with Crippen LogP contribution in [0.2, 0.25) is 0 Å². The van der Waals surface area contributed by atoms with Gasteiger partial charge >= 0.3 is 0 Å². The summed E-state index contributed by atoms with van der Waals surface area (Å²) >= 11 is 0. The Kier molecular flexibility index (Phi) is 5.02. The second kappa shape index (κ2) is 7.56. The molecule has 24 heavy (non-hydrogen) atoms. The molecule has 0 atom stereocenters. The van der Waals surface area contributed by atoms with Crippen LogP contribution < -0.4 is 5.43 Å². The number of benzene rings is 2. The molecule has 3 rings (SSSR count). The van der Waals surface area contributed by atoms with Gasteiger partial charge in [-0.15, -0.1) is 0 Å². The number of amidine groups is 1. The van der Waals surface area contributed by atoms with Crippen LogP contribution in [0.4, 0.5) is 11.4 Å². The van der Waals surface area contributed by atoms with Gasteiger partial charge in [-0.2, -0.15) is 5.10 Å². The van der Waals surface area contributed by atoms with E-state index in [1.807, 2.05) is 30.3 Å². The predicted octanol–water partition coefficient (Wildman–Crippen LogP) is 2.70. The normalized spacial score (nSPS) is 15.2. The van der Waals surface area contributed by atoms with Crippen molar-refractivity contribution in [1.82, 2.24) is 4.90 Å². The Balaban J connectivity index is 1.81. The first-order chi connectivity index (χ1) is 11.7. The summed E-state index contributed by atoms with van der Waals surface area (Å²) in [5.41, 5.74) is 4.75. The van der Waals surface area contributed by atoms with E-state index >= 15 is 0 Å². The predicted molar refractivity (Wildman–Crippen MR) is 92.1 cm³/mol. The van der Waals surface area contributed by atoms with E-state index in [1.54, 1.807) is 12.1 Å². The molecule has 0 aliphatic carbocycles. The summed E-state index contributed by atoms with van der Waals surface area (Å²) in [5, 5.41) is 15.2. The number of nitro groups is 1. The van der Waals surface area contributed by atoms with Gasteiger partial charge in [0.05, 0.1) is 23.8 Å². The number of anilines is 1. The number of nitrogens with one attached hydrogen (secondary N) is 1. The molecular weight excluding hydrogens is 308 g/mol. The maximum absolute atomic E-state index is 10.7. The van der Waals surface area contributed by atoms with E-state index in [4.69, 9.17) is 4.74 Å². The van der Waals surface area contributed by atoms with Crippen molar-refractivity contribution in [1.29, 1.82) is 0 Å². The Labute approximate surface area is 139 Å². The summed E-state index contributed by atoms with van der Waals surface area (Å²) in [6.07, 6.45) is 0. The summed E-state index contributed by atoms with van der Waals surface area (Å²) in [6, 6.07) is 16.1. The van der Waals surface area contributed by atoms with Gasteiger partial charge in [0.15, 0.2) is 5.84 Å². The number of rotatable bonds is 4. The zero-order valence-corrected chi connectivity index (χ0v) is 13.1. The number of non-ortho nitro benzene ring substituents is 1. The number of ether oxygens (including phenoxy) is 1. The fourth-order valence-electron chi connectivity index (χ4n) is 2.46. The average Bonchev–Trinajstić information content (AvgIpc) is 2.64. The highest BCUT2D eigenvalue weighted by Gasteiger charge is 2.17. The molecular formula is C17H18N4O3. The zero-order chi connectivity index (χ0) is 16.8. The number of nitrogens with zero attached hydrogens (tertiary/aromatic N) is 3. The first-order valence-corrected chi connectivity index (χ1v) is 7.70. The van der Waals surface area contributed by atoms with Gasteiger partial charge in [-0.1, -0.05) is 30.3 Å². The molecule has 1 saturated heterocycles. The van der Waals surface area contributed by atoms with Crippen molar-refractivity contribution >= 4 is 17.2 Å². The molecule has 0 bridgehead atoms. The first kappa shape index (κ1) is 15.9. The third-order valence-electron chi connectivity index (χ3n) is 3.71. The van der Waals surface area contributed by atoms with Crippen molar-refractivity contribution in [3.8, 4) is 0 Å². The van der Waals surface area contributed by atoms with Crippen LogP contribution in [0.15, 0.2) is 59.7 Å². The van der Waals surface area contributed by atoms with E-state index < -0.39 is 4.92 Å². The maximum atomic E-state index is 10.7. The van der Waals surface area contributed by atoms with Crippen molar-refractivity contribution in [2.24, 2.45) is 5.10 Å². The highest BCUT2D eigenvalue weighted by atomic mass is 16.6. The van der Waals surface area contributed by atoms with E-state index in [2.05, 4.69) is 15.4 Å². The van der Waals surface area contributed by atoms with Crippen molar-refractivity contribution in [2.75, 3.05) is 31.7 Å². The summed E-state index contributed by atoms with van der Waals surface area (Å²) in [6.45, 7) is 2.89. The van der Waals surface area contributed by atoms with E-state index in [1.165, 1.54) is 12.1 Å². The Morgan fingerprint density at radius 2 is 1.75 bits per heavy atom. The molecule has 0 aromatic heterocycles. The highest BCUT2D eigenvalue weighted by Crippen LogP contribution is 2.16. The van der Waals surface area contributed by atoms with Gasteiger partial charge < -0.3 is 9.64 Å². The van der Waals surface area contributed by atoms with Gasteiger partial charge in [-0.25, -0.2) is 0 Å². The van der Waals surface area contributed by atoms with E-state index in [9.17, 15) is 10.1 Å². The smallest absolute Gasteiger partial charge is 0.269 e. The molecule has 0 saturated carbocycles. The topological polar surface area (TPSA) is 80.0 Å². The fourth-order valence-corrected chi connectivity index (χ4v) is 2.46. The van der Waals surface area contributed by atoms with Crippen LogP contribution in [0.5, 0.6) is 0 Å². The standard InChI is InChI=1S/C17H18N4O3/c22-21(23)16-8-6-15(7-9-16)18-19-17(14-4-2-1-3-5-14)20-10-12-24-13-11-20/h1-9,18H,10-13H2/b19-17-. The van der Waals surface area contributed by atoms with Crippen LogP contribution in [-0.4, -0.2) is 42.0 Å². The molecule has 7 nitrogen and oxygen atoms in total. The Morgan fingerprint density at radius 3 is 2.38 bits per heavy atom. The molecule has 0 spiro atoms.